The maximum Gasteiger partial charge on any atom is 0.228 e. The molecule has 1 aromatic carbocycles. The molecule has 0 spiro atoms. The van der Waals surface area contributed by atoms with Gasteiger partial charge in [-0.1, -0.05) is 45.0 Å². The van der Waals surface area contributed by atoms with Crippen LogP contribution in [0.25, 0.3) is 11.4 Å². The second-order valence-corrected chi connectivity index (χ2v) is 9.80. The minimum absolute atomic E-state index is 0. The van der Waals surface area contributed by atoms with Crippen molar-refractivity contribution in [3.8, 4) is 11.4 Å². The minimum atomic E-state index is 0. The van der Waals surface area contributed by atoms with Crippen LogP contribution in [0.5, 0.6) is 0 Å². The van der Waals surface area contributed by atoms with Crippen LogP contribution in [0.4, 0.5) is 11.9 Å². The highest BCUT2D eigenvalue weighted by Crippen LogP contribution is 2.25. The van der Waals surface area contributed by atoms with Crippen LogP contribution in [0, 0.1) is 0 Å². The lowest BCUT2D eigenvalue weighted by molar-refractivity contribution is 0.0474. The molecule has 0 amide bonds. The molecule has 0 saturated carbocycles. The van der Waals surface area contributed by atoms with Crippen LogP contribution in [0.3, 0.4) is 0 Å². The van der Waals surface area contributed by atoms with Crippen molar-refractivity contribution in [2.75, 3.05) is 63.3 Å². The van der Waals surface area contributed by atoms with Gasteiger partial charge in [0, 0.05) is 38.5 Å². The first-order valence-corrected chi connectivity index (χ1v) is 12.8. The molecular weight excluding hydrogens is 480 g/mol. The van der Waals surface area contributed by atoms with E-state index in [1.807, 2.05) is 0 Å². The Morgan fingerprint density at radius 1 is 0.944 bits per heavy atom. The van der Waals surface area contributed by atoms with Gasteiger partial charge in [0.05, 0.1) is 19.3 Å². The number of halogens is 1. The summed E-state index contributed by atoms with van der Waals surface area (Å²) < 4.78 is 16.8. The number of aromatic nitrogens is 3. The van der Waals surface area contributed by atoms with Crippen LogP contribution < -0.4 is 16.4 Å². The molecule has 9 nitrogen and oxygen atoms in total. The Morgan fingerprint density at radius 3 is 2.22 bits per heavy atom. The van der Waals surface area contributed by atoms with Crippen molar-refractivity contribution in [1.82, 2.24) is 15.0 Å². The van der Waals surface area contributed by atoms with Crippen LogP contribution in [-0.2, 0) is 19.6 Å². The fourth-order valence-electron chi connectivity index (χ4n) is 3.67. The third-order valence-electron chi connectivity index (χ3n) is 5.77. The van der Waals surface area contributed by atoms with Gasteiger partial charge in [-0.2, -0.15) is 15.0 Å². The summed E-state index contributed by atoms with van der Waals surface area (Å²) in [5, 5.41) is 6.66. The van der Waals surface area contributed by atoms with Crippen LogP contribution in [0.1, 0.15) is 52.0 Å². The van der Waals surface area contributed by atoms with Crippen LogP contribution in [-0.4, -0.2) is 73.7 Å². The third-order valence-corrected chi connectivity index (χ3v) is 5.77. The van der Waals surface area contributed by atoms with Crippen molar-refractivity contribution in [2.45, 2.75) is 58.0 Å². The largest absolute Gasteiger partial charge is 0.379 e. The highest BCUT2D eigenvalue weighted by molar-refractivity contribution is 5.85. The Hall–Kier alpha value is -2.04. The summed E-state index contributed by atoms with van der Waals surface area (Å²) in [6, 6.07) is 8.44. The summed E-state index contributed by atoms with van der Waals surface area (Å²) in [7, 11) is 0. The fraction of sp³-hybridized carbons (Fsp3) is 0.654. The van der Waals surface area contributed by atoms with E-state index in [0.717, 1.165) is 37.9 Å². The quantitative estimate of drug-likeness (QED) is 0.298. The zero-order valence-corrected chi connectivity index (χ0v) is 22.7. The summed E-state index contributed by atoms with van der Waals surface area (Å²) in [5.74, 6) is 1.75. The SMILES string of the molecule is CC(C)(C)c1ccc(-c2nc(NCCCOCCOCCCN)nc(NCC3CCCO3)n2)cc1.Cl. The predicted molar refractivity (Wildman–Crippen MR) is 147 cm³/mol. The summed E-state index contributed by atoms with van der Waals surface area (Å²) in [4.78, 5) is 13.9. The van der Waals surface area contributed by atoms with Gasteiger partial charge in [0.15, 0.2) is 5.82 Å². The van der Waals surface area contributed by atoms with Crippen LogP contribution in [0.15, 0.2) is 24.3 Å². The average Bonchev–Trinajstić information content (AvgIpc) is 3.37. The maximum atomic E-state index is 5.73. The molecule has 36 heavy (non-hydrogen) atoms. The molecule has 2 heterocycles. The van der Waals surface area contributed by atoms with Crippen LogP contribution >= 0.6 is 12.4 Å². The topological polar surface area (TPSA) is 116 Å². The van der Waals surface area contributed by atoms with E-state index in [9.17, 15) is 0 Å². The Kier molecular flexibility index (Phi) is 13.4. The van der Waals surface area contributed by atoms with Crippen molar-refractivity contribution < 1.29 is 14.2 Å². The van der Waals surface area contributed by atoms with E-state index in [-0.39, 0.29) is 23.9 Å². The number of nitrogens with zero attached hydrogens (tertiary/aromatic N) is 3. The van der Waals surface area contributed by atoms with E-state index in [2.05, 4.69) is 70.6 Å². The molecular formula is C26H43ClN6O3. The van der Waals surface area contributed by atoms with Gasteiger partial charge >= 0.3 is 0 Å². The summed E-state index contributed by atoms with van der Waals surface area (Å²) in [6.07, 6.45) is 4.08. The number of ether oxygens (including phenoxy) is 3. The van der Waals surface area contributed by atoms with Crippen LogP contribution in [0.2, 0.25) is 0 Å². The number of nitrogens with two attached hydrogens (primary N) is 1. The summed E-state index contributed by atoms with van der Waals surface area (Å²) in [6.45, 7) is 12.0. The molecule has 4 N–H and O–H groups in total. The average molecular weight is 523 g/mol. The van der Waals surface area contributed by atoms with Gasteiger partial charge < -0.3 is 30.6 Å². The number of rotatable bonds is 15. The third kappa shape index (κ3) is 10.5. The van der Waals surface area contributed by atoms with E-state index in [1.165, 1.54) is 5.56 Å². The normalized spacial score (nSPS) is 15.5. The first-order valence-electron chi connectivity index (χ1n) is 12.8. The molecule has 2 aromatic rings. The Morgan fingerprint density at radius 2 is 1.61 bits per heavy atom. The number of hydrogen-bond donors (Lipinski definition) is 3. The number of benzene rings is 1. The summed E-state index contributed by atoms with van der Waals surface area (Å²) >= 11 is 0. The van der Waals surface area contributed by atoms with Gasteiger partial charge in [-0.05, 0) is 43.2 Å². The standard InChI is InChI=1S/C26H42N6O3.ClH/c1-26(2,3)21-10-8-20(9-11-21)23-30-24(28-13-6-15-34-18-17-33-14-5-12-27)32-25(31-23)29-19-22-7-4-16-35-22;/h8-11,22H,4-7,12-19,27H2,1-3H3,(H2,28,29,30,31,32);1H. The smallest absolute Gasteiger partial charge is 0.228 e. The number of hydrogen-bond acceptors (Lipinski definition) is 9. The molecule has 1 aliphatic heterocycles. The number of nitrogens with one attached hydrogen (secondary N) is 2. The second kappa shape index (κ2) is 15.9. The van der Waals surface area contributed by atoms with Gasteiger partial charge in [-0.15, -0.1) is 12.4 Å². The highest BCUT2D eigenvalue weighted by atomic mass is 35.5. The predicted octanol–water partition coefficient (Wildman–Crippen LogP) is 4.03. The van der Waals surface area contributed by atoms with Crippen molar-refractivity contribution in [2.24, 2.45) is 5.73 Å². The lowest BCUT2D eigenvalue weighted by Crippen LogP contribution is -2.20. The molecule has 1 aromatic heterocycles. The molecule has 1 atom stereocenters. The van der Waals surface area contributed by atoms with E-state index in [1.54, 1.807) is 0 Å². The molecule has 10 heteroatoms. The van der Waals surface area contributed by atoms with Gasteiger partial charge in [0.2, 0.25) is 11.9 Å². The van der Waals surface area contributed by atoms with Crippen molar-refractivity contribution in [3.63, 3.8) is 0 Å². The Bertz CT molecular complexity index is 873. The minimum Gasteiger partial charge on any atom is -0.379 e. The van der Waals surface area contributed by atoms with E-state index < -0.39 is 0 Å². The molecule has 202 valence electrons. The molecule has 0 radical (unpaired) electrons. The summed E-state index contributed by atoms with van der Waals surface area (Å²) in [5.41, 5.74) is 7.78. The fourth-order valence-corrected chi connectivity index (χ4v) is 3.67. The molecule has 1 fully saturated rings. The Labute approximate surface area is 221 Å². The Balaban J connectivity index is 0.00000456. The van der Waals surface area contributed by atoms with Gasteiger partial charge in [0.25, 0.3) is 0 Å². The van der Waals surface area contributed by atoms with Gasteiger partial charge in [-0.25, -0.2) is 0 Å². The first-order chi connectivity index (χ1) is 17.0. The van der Waals surface area contributed by atoms with E-state index in [0.29, 0.717) is 63.8 Å². The zero-order valence-electron chi connectivity index (χ0n) is 21.9. The second-order valence-electron chi connectivity index (χ2n) is 9.80. The lowest BCUT2D eigenvalue weighted by Gasteiger charge is -2.19. The maximum absolute atomic E-state index is 5.73. The van der Waals surface area contributed by atoms with Gasteiger partial charge in [-0.3, -0.25) is 0 Å². The molecule has 3 rings (SSSR count). The lowest BCUT2D eigenvalue weighted by atomic mass is 9.87. The monoisotopic (exact) mass is 522 g/mol. The van der Waals surface area contributed by atoms with Gasteiger partial charge in [0.1, 0.15) is 0 Å². The van der Waals surface area contributed by atoms with E-state index >= 15 is 0 Å². The highest BCUT2D eigenvalue weighted by Gasteiger charge is 2.17. The van der Waals surface area contributed by atoms with Crippen molar-refractivity contribution >= 4 is 24.3 Å². The van der Waals surface area contributed by atoms with Crippen molar-refractivity contribution in [3.05, 3.63) is 29.8 Å². The molecule has 1 unspecified atom stereocenters. The molecule has 1 saturated heterocycles. The number of anilines is 2. The van der Waals surface area contributed by atoms with Crippen molar-refractivity contribution in [1.29, 1.82) is 0 Å². The molecule has 0 bridgehead atoms. The first kappa shape index (κ1) is 30.2. The molecule has 0 aliphatic carbocycles. The zero-order chi connectivity index (χ0) is 24.9. The van der Waals surface area contributed by atoms with E-state index in [4.69, 9.17) is 19.9 Å². The molecule has 1 aliphatic rings.